The molecule has 0 bridgehead atoms. The topological polar surface area (TPSA) is 95.1 Å². The van der Waals surface area contributed by atoms with Crippen LogP contribution in [0.3, 0.4) is 0 Å². The van der Waals surface area contributed by atoms with Crippen molar-refractivity contribution in [2.75, 3.05) is 12.3 Å². The average Bonchev–Trinajstić information content (AvgIpc) is 2.90. The lowest BCUT2D eigenvalue weighted by Gasteiger charge is -2.43. The van der Waals surface area contributed by atoms with Crippen LogP contribution in [0.5, 0.6) is 0 Å². The molecule has 20 heavy (non-hydrogen) atoms. The molecule has 0 unspecified atom stereocenters. The summed E-state index contributed by atoms with van der Waals surface area (Å²) in [5, 5.41) is 3.62. The van der Waals surface area contributed by atoms with Crippen molar-refractivity contribution in [3.8, 4) is 0 Å². The van der Waals surface area contributed by atoms with Gasteiger partial charge in [-0.15, -0.1) is 0 Å². The fourth-order valence-corrected chi connectivity index (χ4v) is 3.88. The van der Waals surface area contributed by atoms with E-state index in [4.69, 9.17) is 10.5 Å². The van der Waals surface area contributed by atoms with Crippen LogP contribution in [0.2, 0.25) is 0 Å². The Hall–Kier alpha value is -1.58. The Labute approximate surface area is 128 Å². The highest BCUT2D eigenvalue weighted by Crippen LogP contribution is 2.47. The van der Waals surface area contributed by atoms with Gasteiger partial charge in [0.1, 0.15) is 23.4 Å². The minimum absolute atomic E-state index is 0.281. The van der Waals surface area contributed by atoms with Crippen molar-refractivity contribution >= 4 is 45.5 Å². The summed E-state index contributed by atoms with van der Waals surface area (Å²) in [6.07, 6.45) is 4.81. The van der Waals surface area contributed by atoms with Crippen molar-refractivity contribution in [3.05, 3.63) is 16.1 Å². The predicted octanol–water partition coefficient (Wildman–Crippen LogP) is 1.43. The molecule has 2 aliphatic rings. The van der Waals surface area contributed by atoms with E-state index in [0.29, 0.717) is 12.4 Å². The minimum atomic E-state index is -0.331. The standard InChI is InChI=1S/C12H12IN5O2/c13-7-3-18(10-8(7)9(14)16-5-17-10)6-1-12(2-6)4-15-11(19)20-12/h3,5-6H,1-2,4H2,(H,15,19)(H2,14,16,17). The van der Waals surface area contributed by atoms with Crippen molar-refractivity contribution in [2.45, 2.75) is 24.5 Å². The SMILES string of the molecule is Nc1ncnc2c1c(I)cn2C1CC2(CNC(=O)O2)C1. The number of halogens is 1. The zero-order chi connectivity index (χ0) is 13.9. The van der Waals surface area contributed by atoms with Crippen LogP contribution in [0.4, 0.5) is 10.6 Å². The quantitative estimate of drug-likeness (QED) is 0.725. The van der Waals surface area contributed by atoms with Gasteiger partial charge in [0.15, 0.2) is 0 Å². The van der Waals surface area contributed by atoms with Gasteiger partial charge in [-0.25, -0.2) is 14.8 Å². The molecule has 2 aromatic rings. The van der Waals surface area contributed by atoms with Gasteiger partial charge < -0.3 is 20.4 Å². The van der Waals surface area contributed by atoms with Crippen LogP contribution in [-0.2, 0) is 4.74 Å². The molecule has 0 aromatic carbocycles. The van der Waals surface area contributed by atoms with Crippen LogP contribution in [-0.4, -0.2) is 32.8 Å². The monoisotopic (exact) mass is 385 g/mol. The molecule has 8 heteroatoms. The van der Waals surface area contributed by atoms with Crippen molar-refractivity contribution in [1.82, 2.24) is 19.9 Å². The third-order valence-corrected chi connectivity index (χ3v) is 4.88. The summed E-state index contributed by atoms with van der Waals surface area (Å²) < 4.78 is 8.51. The van der Waals surface area contributed by atoms with Crippen LogP contribution in [0.1, 0.15) is 18.9 Å². The van der Waals surface area contributed by atoms with Crippen LogP contribution in [0, 0.1) is 3.57 Å². The molecule has 3 heterocycles. The highest BCUT2D eigenvalue weighted by atomic mass is 127. The van der Waals surface area contributed by atoms with Gasteiger partial charge in [0.05, 0.1) is 11.9 Å². The third-order valence-electron chi connectivity index (χ3n) is 4.07. The molecule has 3 N–H and O–H groups in total. The molecule has 2 aromatic heterocycles. The molecule has 104 valence electrons. The third kappa shape index (κ3) is 1.60. The lowest BCUT2D eigenvalue weighted by Crippen LogP contribution is -2.47. The van der Waals surface area contributed by atoms with E-state index in [1.54, 1.807) is 0 Å². The van der Waals surface area contributed by atoms with Crippen LogP contribution < -0.4 is 11.1 Å². The van der Waals surface area contributed by atoms with E-state index >= 15 is 0 Å². The van der Waals surface area contributed by atoms with E-state index < -0.39 is 0 Å². The Morgan fingerprint density at radius 3 is 3.00 bits per heavy atom. The summed E-state index contributed by atoms with van der Waals surface area (Å²) in [5.41, 5.74) is 6.43. The number of fused-ring (bicyclic) bond motifs is 1. The number of anilines is 1. The first-order valence-corrected chi connectivity index (χ1v) is 7.39. The van der Waals surface area contributed by atoms with E-state index in [-0.39, 0.29) is 17.7 Å². The predicted molar refractivity (Wildman–Crippen MR) is 80.1 cm³/mol. The van der Waals surface area contributed by atoms with Gasteiger partial charge in [-0.1, -0.05) is 0 Å². The molecule has 0 radical (unpaired) electrons. The number of rotatable bonds is 1. The van der Waals surface area contributed by atoms with Crippen molar-refractivity contribution in [2.24, 2.45) is 0 Å². The molecule has 1 saturated heterocycles. The molecule has 7 nitrogen and oxygen atoms in total. The molecule has 0 atom stereocenters. The normalized spacial score (nSPS) is 28.4. The van der Waals surface area contributed by atoms with Gasteiger partial charge in [-0.2, -0.15) is 0 Å². The lowest BCUT2D eigenvalue weighted by molar-refractivity contribution is -0.0395. The number of nitrogens with zero attached hydrogens (tertiary/aromatic N) is 3. The Balaban J connectivity index is 1.68. The summed E-state index contributed by atoms with van der Waals surface area (Å²) >= 11 is 2.24. The van der Waals surface area contributed by atoms with Crippen molar-refractivity contribution < 1.29 is 9.53 Å². The fraction of sp³-hybridized carbons (Fsp3) is 0.417. The van der Waals surface area contributed by atoms with Gasteiger partial charge >= 0.3 is 6.09 Å². The van der Waals surface area contributed by atoms with Gasteiger partial charge in [0.25, 0.3) is 0 Å². The van der Waals surface area contributed by atoms with Crippen LogP contribution >= 0.6 is 22.6 Å². The maximum atomic E-state index is 11.2. The minimum Gasteiger partial charge on any atom is -0.441 e. The van der Waals surface area contributed by atoms with E-state index in [0.717, 1.165) is 27.4 Å². The highest BCUT2D eigenvalue weighted by Gasteiger charge is 2.52. The molecule has 1 aliphatic heterocycles. The molecular formula is C12H12IN5O2. The molecule has 2 fully saturated rings. The molecule has 4 rings (SSSR count). The van der Waals surface area contributed by atoms with Crippen LogP contribution in [0.15, 0.2) is 12.5 Å². The zero-order valence-electron chi connectivity index (χ0n) is 10.5. The summed E-state index contributed by atoms with van der Waals surface area (Å²) in [6, 6.07) is 0.281. The fourth-order valence-electron chi connectivity index (χ4n) is 3.07. The van der Waals surface area contributed by atoms with Gasteiger partial charge in [0.2, 0.25) is 0 Å². The lowest BCUT2D eigenvalue weighted by atomic mass is 9.75. The maximum absolute atomic E-state index is 11.2. The number of alkyl carbamates (subject to hydrolysis) is 1. The summed E-state index contributed by atoms with van der Waals surface area (Å²) in [4.78, 5) is 19.6. The largest absolute Gasteiger partial charge is 0.441 e. The maximum Gasteiger partial charge on any atom is 0.407 e. The van der Waals surface area contributed by atoms with E-state index in [1.165, 1.54) is 6.33 Å². The average molecular weight is 385 g/mol. The Morgan fingerprint density at radius 1 is 1.50 bits per heavy atom. The first kappa shape index (κ1) is 12.2. The number of ether oxygens (including phenoxy) is 1. The van der Waals surface area contributed by atoms with Crippen LogP contribution in [0.25, 0.3) is 11.0 Å². The van der Waals surface area contributed by atoms with Gasteiger partial charge in [0, 0.05) is 28.7 Å². The summed E-state index contributed by atoms with van der Waals surface area (Å²) in [6.45, 7) is 0.593. The summed E-state index contributed by atoms with van der Waals surface area (Å²) in [7, 11) is 0. The second-order valence-electron chi connectivity index (χ2n) is 5.33. The Morgan fingerprint density at radius 2 is 2.30 bits per heavy atom. The number of aromatic nitrogens is 3. The van der Waals surface area contributed by atoms with E-state index in [2.05, 4.69) is 42.4 Å². The smallest absolute Gasteiger partial charge is 0.407 e. The van der Waals surface area contributed by atoms with E-state index in [9.17, 15) is 4.79 Å². The number of amides is 1. The van der Waals surface area contributed by atoms with Gasteiger partial charge in [-0.05, 0) is 22.6 Å². The van der Waals surface area contributed by atoms with Crippen molar-refractivity contribution in [3.63, 3.8) is 0 Å². The molecule has 1 saturated carbocycles. The number of carbonyl (C=O) groups is 1. The van der Waals surface area contributed by atoms with E-state index in [1.807, 2.05) is 6.20 Å². The number of nitrogens with two attached hydrogens (primary N) is 1. The second kappa shape index (κ2) is 3.96. The first-order chi connectivity index (χ1) is 9.58. The highest BCUT2D eigenvalue weighted by molar-refractivity contribution is 14.1. The molecule has 1 spiro atoms. The summed E-state index contributed by atoms with van der Waals surface area (Å²) in [5.74, 6) is 0.501. The first-order valence-electron chi connectivity index (χ1n) is 6.31. The Kier molecular flexibility index (Phi) is 2.41. The zero-order valence-corrected chi connectivity index (χ0v) is 12.6. The molecule has 1 aliphatic carbocycles. The molecular weight excluding hydrogens is 373 g/mol. The van der Waals surface area contributed by atoms with Crippen molar-refractivity contribution in [1.29, 1.82) is 0 Å². The second-order valence-corrected chi connectivity index (χ2v) is 6.49. The Bertz CT molecular complexity index is 722. The molecule has 1 amide bonds. The number of hydrogen-bond donors (Lipinski definition) is 2. The number of nitrogens with one attached hydrogen (secondary N) is 1. The van der Waals surface area contributed by atoms with Gasteiger partial charge in [-0.3, -0.25) is 0 Å². The number of carbonyl (C=O) groups excluding carboxylic acids is 1. The number of nitrogen functional groups attached to an aromatic ring is 1. The number of hydrogen-bond acceptors (Lipinski definition) is 5.